The Labute approximate surface area is 180 Å². The number of H-pyrrole nitrogens is 1. The van der Waals surface area contributed by atoms with Crippen LogP contribution in [0.1, 0.15) is 28.8 Å². The highest BCUT2D eigenvalue weighted by Crippen LogP contribution is 2.10. The summed E-state index contributed by atoms with van der Waals surface area (Å²) in [5, 5.41) is 4.92. The van der Waals surface area contributed by atoms with Crippen LogP contribution in [0.25, 0.3) is 18.2 Å². The van der Waals surface area contributed by atoms with Gasteiger partial charge in [-0.1, -0.05) is 42.5 Å². The molecule has 1 aliphatic heterocycles. The number of benzene rings is 1. The van der Waals surface area contributed by atoms with Gasteiger partial charge in [0, 0.05) is 35.8 Å². The van der Waals surface area contributed by atoms with Crippen molar-refractivity contribution in [1.82, 2.24) is 14.9 Å². The van der Waals surface area contributed by atoms with Crippen molar-refractivity contribution in [2.24, 2.45) is 0 Å². The normalized spacial score (nSPS) is 16.1. The van der Waals surface area contributed by atoms with Crippen molar-refractivity contribution in [3.8, 4) is 0 Å². The van der Waals surface area contributed by atoms with Crippen molar-refractivity contribution in [3.05, 3.63) is 74.7 Å². The second-order valence-corrected chi connectivity index (χ2v) is 7.40. The van der Waals surface area contributed by atoms with Gasteiger partial charge in [0.15, 0.2) is 0 Å². The molecule has 0 radical (unpaired) electrons. The van der Waals surface area contributed by atoms with Crippen LogP contribution in [0.15, 0.2) is 47.3 Å². The topological polar surface area (TPSA) is 87.3 Å². The number of morpholine rings is 1. The number of carbonyl (C=O) groups is 1. The van der Waals surface area contributed by atoms with Crippen molar-refractivity contribution in [2.45, 2.75) is 12.8 Å². The lowest BCUT2D eigenvalue weighted by Crippen LogP contribution is -2.40. The van der Waals surface area contributed by atoms with E-state index in [-0.39, 0.29) is 11.6 Å². The molecule has 0 atom stereocenters. The van der Waals surface area contributed by atoms with Crippen LogP contribution in [-0.2, 0) is 4.74 Å². The van der Waals surface area contributed by atoms with E-state index in [0.717, 1.165) is 29.0 Å². The lowest BCUT2D eigenvalue weighted by atomic mass is 10.1. The summed E-state index contributed by atoms with van der Waals surface area (Å²) in [6.45, 7) is 2.98. The molecule has 2 aromatic rings. The minimum absolute atomic E-state index is 0.0412. The molecule has 1 aliphatic carbocycles. The SMILES string of the molecule is O=C(c1ccc(C=CCNc2nc(=O)[nH]c3c2=CC=CCCC=3)cc1)N1CCOCC1. The molecular weight excluding hydrogens is 392 g/mol. The number of amides is 1. The lowest BCUT2D eigenvalue weighted by molar-refractivity contribution is 0.0303. The van der Waals surface area contributed by atoms with Crippen LogP contribution < -0.4 is 21.6 Å². The molecular formula is C24H26N4O3. The van der Waals surface area contributed by atoms with Crippen molar-refractivity contribution < 1.29 is 9.53 Å². The molecule has 7 heteroatoms. The summed E-state index contributed by atoms with van der Waals surface area (Å²) in [7, 11) is 0. The number of fused-ring (bicyclic) bond motifs is 1. The van der Waals surface area contributed by atoms with Gasteiger partial charge < -0.3 is 19.9 Å². The first-order chi connectivity index (χ1) is 15.2. The first-order valence-corrected chi connectivity index (χ1v) is 10.6. The zero-order chi connectivity index (χ0) is 21.5. The van der Waals surface area contributed by atoms with Gasteiger partial charge in [0.05, 0.1) is 13.2 Å². The number of carbonyl (C=O) groups excluding carboxylic acids is 1. The Balaban J connectivity index is 1.40. The zero-order valence-electron chi connectivity index (χ0n) is 17.3. The van der Waals surface area contributed by atoms with Gasteiger partial charge in [-0.15, -0.1) is 0 Å². The van der Waals surface area contributed by atoms with Gasteiger partial charge in [-0.25, -0.2) is 4.79 Å². The maximum absolute atomic E-state index is 12.5. The molecule has 0 bridgehead atoms. The number of ether oxygens (including phenoxy) is 1. The molecule has 0 spiro atoms. The number of hydrogen-bond donors (Lipinski definition) is 2. The Bertz CT molecular complexity index is 1160. The second kappa shape index (κ2) is 10.0. The van der Waals surface area contributed by atoms with E-state index in [1.807, 2.05) is 59.5 Å². The Morgan fingerprint density at radius 3 is 2.81 bits per heavy atom. The van der Waals surface area contributed by atoms with Crippen LogP contribution >= 0.6 is 0 Å². The molecule has 1 aromatic heterocycles. The summed E-state index contributed by atoms with van der Waals surface area (Å²) in [4.78, 5) is 33.1. The highest BCUT2D eigenvalue weighted by atomic mass is 16.5. The third-order valence-electron chi connectivity index (χ3n) is 5.23. The largest absolute Gasteiger partial charge is 0.378 e. The number of aromatic nitrogens is 2. The third kappa shape index (κ3) is 5.38. The highest BCUT2D eigenvalue weighted by molar-refractivity contribution is 5.94. The van der Waals surface area contributed by atoms with Gasteiger partial charge in [0.1, 0.15) is 5.82 Å². The number of aromatic amines is 1. The molecule has 2 N–H and O–H groups in total. The Morgan fingerprint density at radius 1 is 1.19 bits per heavy atom. The lowest BCUT2D eigenvalue weighted by Gasteiger charge is -2.26. The monoisotopic (exact) mass is 418 g/mol. The molecule has 1 saturated heterocycles. The predicted octanol–water partition coefficient (Wildman–Crippen LogP) is 1.28. The first kappa shape index (κ1) is 20.8. The van der Waals surface area contributed by atoms with Crippen LogP contribution in [0.4, 0.5) is 5.82 Å². The molecule has 1 aromatic carbocycles. The number of rotatable bonds is 5. The van der Waals surface area contributed by atoms with E-state index in [0.29, 0.717) is 44.2 Å². The fourth-order valence-electron chi connectivity index (χ4n) is 3.59. The van der Waals surface area contributed by atoms with Gasteiger partial charge in [0.25, 0.3) is 5.91 Å². The second-order valence-electron chi connectivity index (χ2n) is 7.40. The van der Waals surface area contributed by atoms with E-state index in [9.17, 15) is 9.59 Å². The molecule has 0 saturated carbocycles. The number of nitrogens with zero attached hydrogens (tertiary/aromatic N) is 2. The molecule has 160 valence electrons. The van der Waals surface area contributed by atoms with Crippen molar-refractivity contribution in [3.63, 3.8) is 0 Å². The average Bonchev–Trinajstić information content (AvgIpc) is 2.78. The Hall–Kier alpha value is -3.45. The van der Waals surface area contributed by atoms with Gasteiger partial charge in [0.2, 0.25) is 0 Å². The van der Waals surface area contributed by atoms with E-state index in [4.69, 9.17) is 4.74 Å². The third-order valence-corrected chi connectivity index (χ3v) is 5.23. The molecule has 0 unspecified atom stereocenters. The molecule has 4 rings (SSSR count). The quantitative estimate of drug-likeness (QED) is 0.764. The van der Waals surface area contributed by atoms with Gasteiger partial charge in [-0.2, -0.15) is 4.98 Å². The van der Waals surface area contributed by atoms with Crippen LogP contribution in [0.2, 0.25) is 0 Å². The van der Waals surface area contributed by atoms with Crippen LogP contribution in [0, 0.1) is 0 Å². The summed E-state index contributed by atoms with van der Waals surface area (Å²) >= 11 is 0. The highest BCUT2D eigenvalue weighted by Gasteiger charge is 2.17. The summed E-state index contributed by atoms with van der Waals surface area (Å²) < 4.78 is 5.30. The molecule has 31 heavy (non-hydrogen) atoms. The maximum Gasteiger partial charge on any atom is 0.347 e. The Kier molecular flexibility index (Phi) is 6.74. The predicted molar refractivity (Wildman–Crippen MR) is 122 cm³/mol. The van der Waals surface area contributed by atoms with Crippen LogP contribution in [0.3, 0.4) is 0 Å². The summed E-state index contributed by atoms with van der Waals surface area (Å²) in [6.07, 6.45) is 13.8. The molecule has 2 heterocycles. The Morgan fingerprint density at radius 2 is 2.00 bits per heavy atom. The van der Waals surface area contributed by atoms with E-state index in [1.165, 1.54) is 0 Å². The fraction of sp³-hybridized carbons (Fsp3) is 0.292. The number of anilines is 1. The minimum Gasteiger partial charge on any atom is -0.378 e. The zero-order valence-corrected chi connectivity index (χ0v) is 17.3. The molecule has 2 aliphatic rings. The standard InChI is InChI=1S/C24H26N4O3/c29-23(28-14-16-31-17-15-28)19-11-9-18(10-12-19)6-5-13-25-22-20-7-3-1-2-4-8-21(20)26-24(30)27-22/h1,3,5-12H,2,4,13-17H2,(H2,25,26,27,30). The van der Waals surface area contributed by atoms with Crippen LogP contribution in [0.5, 0.6) is 0 Å². The van der Waals surface area contributed by atoms with E-state index in [2.05, 4.69) is 21.4 Å². The van der Waals surface area contributed by atoms with Gasteiger partial charge >= 0.3 is 5.69 Å². The van der Waals surface area contributed by atoms with Crippen molar-refractivity contribution in [1.29, 1.82) is 0 Å². The molecule has 1 amide bonds. The van der Waals surface area contributed by atoms with Gasteiger partial charge in [-0.3, -0.25) is 4.79 Å². The minimum atomic E-state index is -0.361. The maximum atomic E-state index is 12.5. The van der Waals surface area contributed by atoms with E-state index in [1.54, 1.807) is 0 Å². The summed E-state index contributed by atoms with van der Waals surface area (Å²) in [6, 6.07) is 7.56. The average molecular weight is 418 g/mol. The summed E-state index contributed by atoms with van der Waals surface area (Å²) in [5.41, 5.74) is 1.32. The number of nitrogens with one attached hydrogen (secondary N) is 2. The van der Waals surface area contributed by atoms with Crippen LogP contribution in [-0.4, -0.2) is 53.6 Å². The van der Waals surface area contributed by atoms with Crippen molar-refractivity contribution in [2.75, 3.05) is 38.2 Å². The molecule has 7 nitrogen and oxygen atoms in total. The molecule has 1 fully saturated rings. The van der Waals surface area contributed by atoms with E-state index < -0.39 is 0 Å². The fourth-order valence-corrected chi connectivity index (χ4v) is 3.59. The van der Waals surface area contributed by atoms with Crippen molar-refractivity contribution >= 4 is 30.0 Å². The van der Waals surface area contributed by atoms with Gasteiger partial charge in [-0.05, 0) is 36.6 Å². The van der Waals surface area contributed by atoms with E-state index >= 15 is 0 Å². The number of allylic oxidation sites excluding steroid dienone is 2. The summed E-state index contributed by atoms with van der Waals surface area (Å²) in [5.74, 6) is 0.608. The first-order valence-electron chi connectivity index (χ1n) is 10.6. The smallest absolute Gasteiger partial charge is 0.347 e. The number of hydrogen-bond acceptors (Lipinski definition) is 5.